The van der Waals surface area contributed by atoms with Crippen molar-refractivity contribution in [2.24, 2.45) is 5.73 Å². The molecule has 4 rings (SSSR count). The Bertz CT molecular complexity index is 810. The minimum atomic E-state index is -0.315. The third-order valence-electron chi connectivity index (χ3n) is 4.85. The van der Waals surface area contributed by atoms with E-state index in [9.17, 15) is 9.18 Å². The van der Waals surface area contributed by atoms with Crippen molar-refractivity contribution in [1.29, 1.82) is 0 Å². The van der Waals surface area contributed by atoms with Gasteiger partial charge in [-0.25, -0.2) is 4.39 Å². The first kappa shape index (κ1) is 13.8. The maximum Gasteiger partial charge on any atom is 0.189 e. The number of halogens is 1. The zero-order valence-electron chi connectivity index (χ0n) is 12.7. The Morgan fingerprint density at radius 3 is 2.73 bits per heavy atom. The summed E-state index contributed by atoms with van der Waals surface area (Å²) in [5.74, 6) is -0.315. The Hall–Kier alpha value is -1.88. The van der Waals surface area contributed by atoms with Crippen molar-refractivity contribution in [3.8, 4) is 0 Å². The van der Waals surface area contributed by atoms with E-state index in [1.54, 1.807) is 6.07 Å². The number of aromatic nitrogens is 1. The van der Waals surface area contributed by atoms with Gasteiger partial charge >= 0.3 is 0 Å². The normalized spacial score (nSPS) is 21.8. The van der Waals surface area contributed by atoms with Gasteiger partial charge in [0, 0.05) is 42.8 Å². The summed E-state index contributed by atoms with van der Waals surface area (Å²) in [6.45, 7) is 3.36. The molecule has 0 unspecified atom stereocenters. The summed E-state index contributed by atoms with van der Waals surface area (Å²) in [7, 11) is 0. The summed E-state index contributed by atoms with van der Waals surface area (Å²) in [6, 6.07) is 3.49. The summed E-state index contributed by atoms with van der Waals surface area (Å²) in [5, 5.41) is 0.483. The van der Waals surface area contributed by atoms with Gasteiger partial charge in [0.2, 0.25) is 0 Å². The fraction of sp³-hybridized carbons (Fsp3) is 0.471. The average molecular weight is 301 g/mol. The highest BCUT2D eigenvalue weighted by atomic mass is 19.1. The molecule has 1 atom stereocenters. The van der Waals surface area contributed by atoms with Crippen molar-refractivity contribution >= 4 is 16.6 Å². The lowest BCUT2D eigenvalue weighted by atomic mass is 10.1. The number of hydrogen-bond donors (Lipinski definition) is 1. The molecule has 1 aromatic heterocycles. The van der Waals surface area contributed by atoms with E-state index in [1.165, 1.54) is 6.07 Å². The Labute approximate surface area is 128 Å². The molecule has 0 amide bonds. The number of nitrogens with zero attached hydrogens (tertiary/aromatic N) is 2. The second kappa shape index (κ2) is 4.81. The van der Waals surface area contributed by atoms with Crippen LogP contribution in [0, 0.1) is 12.7 Å². The predicted molar refractivity (Wildman–Crippen MR) is 86.0 cm³/mol. The maximum atomic E-state index is 14.7. The lowest BCUT2D eigenvalue weighted by Gasteiger charge is -2.23. The topological polar surface area (TPSA) is 51.3 Å². The summed E-state index contributed by atoms with van der Waals surface area (Å²) in [4.78, 5) is 14.2. The molecule has 116 valence electrons. The summed E-state index contributed by atoms with van der Waals surface area (Å²) < 4.78 is 16.8. The highest BCUT2D eigenvalue weighted by Gasteiger charge is 2.28. The molecule has 2 N–H and O–H groups in total. The predicted octanol–water partition coefficient (Wildman–Crippen LogP) is 2.32. The first-order chi connectivity index (χ1) is 10.6. The van der Waals surface area contributed by atoms with Crippen LogP contribution in [0.1, 0.15) is 30.9 Å². The van der Waals surface area contributed by atoms with Gasteiger partial charge in [-0.3, -0.25) is 4.79 Å². The molecule has 2 aliphatic rings. The SMILES string of the molecule is Cc1c(N2CC[C@H](N)C2)c(F)cc2c(=O)ccn(C3CC3)c12. The lowest BCUT2D eigenvalue weighted by molar-refractivity contribution is 0.622. The standard InChI is InChI=1S/C17H20FN3O/c1-10-16-13(15(22)5-7-21(16)12-2-3-12)8-14(18)17(10)20-6-4-11(19)9-20/h5,7-8,11-12H,2-4,6,9,19H2,1H3/t11-/m0/s1. The van der Waals surface area contributed by atoms with Crippen LogP contribution < -0.4 is 16.1 Å². The fourth-order valence-electron chi connectivity index (χ4n) is 3.63. The minimum absolute atomic E-state index is 0.0934. The van der Waals surface area contributed by atoms with Crippen molar-refractivity contribution in [2.75, 3.05) is 18.0 Å². The Balaban J connectivity index is 1.98. The first-order valence-electron chi connectivity index (χ1n) is 7.90. The zero-order chi connectivity index (χ0) is 15.4. The van der Waals surface area contributed by atoms with Gasteiger partial charge in [-0.05, 0) is 37.8 Å². The first-order valence-corrected chi connectivity index (χ1v) is 7.90. The third kappa shape index (κ3) is 2.03. The molecule has 1 saturated carbocycles. The highest BCUT2D eigenvalue weighted by molar-refractivity contribution is 5.88. The minimum Gasteiger partial charge on any atom is -0.367 e. The largest absolute Gasteiger partial charge is 0.367 e. The van der Waals surface area contributed by atoms with Crippen LogP contribution in [-0.2, 0) is 0 Å². The monoisotopic (exact) mass is 301 g/mol. The van der Waals surface area contributed by atoms with Crippen LogP contribution in [0.15, 0.2) is 23.1 Å². The van der Waals surface area contributed by atoms with E-state index in [-0.39, 0.29) is 17.3 Å². The van der Waals surface area contributed by atoms with E-state index in [4.69, 9.17) is 5.73 Å². The van der Waals surface area contributed by atoms with Crippen LogP contribution in [-0.4, -0.2) is 23.7 Å². The van der Waals surface area contributed by atoms with Crippen LogP contribution in [0.3, 0.4) is 0 Å². The number of aryl methyl sites for hydroxylation is 1. The number of fused-ring (bicyclic) bond motifs is 1. The molecule has 2 aromatic rings. The summed E-state index contributed by atoms with van der Waals surface area (Å²) in [5.41, 5.74) is 8.20. The van der Waals surface area contributed by atoms with Gasteiger partial charge in [0.25, 0.3) is 0 Å². The lowest BCUT2D eigenvalue weighted by Crippen LogP contribution is -2.27. The van der Waals surface area contributed by atoms with Crippen LogP contribution in [0.5, 0.6) is 0 Å². The van der Waals surface area contributed by atoms with Gasteiger partial charge in [-0.2, -0.15) is 0 Å². The molecule has 1 saturated heterocycles. The van der Waals surface area contributed by atoms with Crippen LogP contribution >= 0.6 is 0 Å². The molecular formula is C17H20FN3O. The van der Waals surface area contributed by atoms with Gasteiger partial charge in [0.1, 0.15) is 5.82 Å². The Kier molecular flexibility index (Phi) is 3.01. The molecule has 0 bridgehead atoms. The number of pyridine rings is 1. The zero-order valence-corrected chi connectivity index (χ0v) is 12.7. The van der Waals surface area contributed by atoms with Crippen molar-refractivity contribution in [3.05, 3.63) is 39.9 Å². The molecule has 1 aliphatic carbocycles. The second-order valence-electron chi connectivity index (χ2n) is 6.54. The molecular weight excluding hydrogens is 281 g/mol. The smallest absolute Gasteiger partial charge is 0.189 e. The van der Waals surface area contributed by atoms with Gasteiger partial charge in [-0.1, -0.05) is 0 Å². The molecule has 2 heterocycles. The van der Waals surface area contributed by atoms with E-state index in [1.807, 2.05) is 18.0 Å². The second-order valence-corrected chi connectivity index (χ2v) is 6.54. The number of hydrogen-bond acceptors (Lipinski definition) is 3. The summed E-state index contributed by atoms with van der Waals surface area (Å²) in [6.07, 6.45) is 4.98. The molecule has 2 fully saturated rings. The van der Waals surface area contributed by atoms with E-state index in [2.05, 4.69) is 4.57 Å². The van der Waals surface area contributed by atoms with Crippen molar-refractivity contribution in [1.82, 2.24) is 4.57 Å². The number of anilines is 1. The number of nitrogens with two attached hydrogens (primary N) is 1. The van der Waals surface area contributed by atoms with Crippen LogP contribution in [0.25, 0.3) is 10.9 Å². The van der Waals surface area contributed by atoms with E-state index >= 15 is 0 Å². The van der Waals surface area contributed by atoms with Crippen molar-refractivity contribution in [3.63, 3.8) is 0 Å². The molecule has 0 spiro atoms. The van der Waals surface area contributed by atoms with Crippen molar-refractivity contribution in [2.45, 2.75) is 38.3 Å². The molecule has 4 nitrogen and oxygen atoms in total. The molecule has 22 heavy (non-hydrogen) atoms. The molecule has 5 heteroatoms. The molecule has 1 aromatic carbocycles. The van der Waals surface area contributed by atoms with Gasteiger partial charge in [-0.15, -0.1) is 0 Å². The summed E-state index contributed by atoms with van der Waals surface area (Å²) >= 11 is 0. The number of benzene rings is 1. The Morgan fingerprint density at radius 1 is 1.32 bits per heavy atom. The Morgan fingerprint density at radius 2 is 2.09 bits per heavy atom. The van der Waals surface area contributed by atoms with Crippen LogP contribution in [0.4, 0.5) is 10.1 Å². The fourth-order valence-corrected chi connectivity index (χ4v) is 3.63. The van der Waals surface area contributed by atoms with Gasteiger partial charge < -0.3 is 15.2 Å². The maximum absolute atomic E-state index is 14.7. The quantitative estimate of drug-likeness (QED) is 0.926. The van der Waals surface area contributed by atoms with E-state index in [0.29, 0.717) is 23.7 Å². The molecule has 0 radical (unpaired) electrons. The molecule has 1 aliphatic heterocycles. The third-order valence-corrected chi connectivity index (χ3v) is 4.85. The van der Waals surface area contributed by atoms with Gasteiger partial charge in [0.05, 0.1) is 11.2 Å². The van der Waals surface area contributed by atoms with Gasteiger partial charge in [0.15, 0.2) is 5.43 Å². The van der Waals surface area contributed by atoms with Crippen LogP contribution in [0.2, 0.25) is 0 Å². The highest BCUT2D eigenvalue weighted by Crippen LogP contribution is 2.39. The van der Waals surface area contributed by atoms with Crippen molar-refractivity contribution < 1.29 is 4.39 Å². The van der Waals surface area contributed by atoms with E-state index in [0.717, 1.165) is 36.9 Å². The number of rotatable bonds is 2. The average Bonchev–Trinajstić information content (AvgIpc) is 3.23. The van der Waals surface area contributed by atoms with E-state index < -0.39 is 0 Å².